The first-order valence-electron chi connectivity index (χ1n) is 7.42. The fraction of sp³-hybridized carbons (Fsp3) is 0.0526. The zero-order chi connectivity index (χ0) is 15.9. The second-order valence-electron chi connectivity index (χ2n) is 5.09. The molecule has 109 valence electrons. The van der Waals surface area contributed by atoms with Crippen molar-refractivity contribution in [3.05, 3.63) is 84.2 Å². The minimum absolute atomic E-state index is 0.291. The number of hydrogen-bond acceptors (Lipinski definition) is 2. The van der Waals surface area contributed by atoms with Crippen LogP contribution < -0.4 is 5.72 Å². The maximum atomic E-state index is 8.92. The predicted octanol–water partition coefficient (Wildman–Crippen LogP) is 2.93. The summed E-state index contributed by atoms with van der Waals surface area (Å²) in [6, 6.07) is 22.5. The van der Waals surface area contributed by atoms with E-state index in [2.05, 4.69) is 41.4 Å². The summed E-state index contributed by atoms with van der Waals surface area (Å²) in [5.74, 6) is 0. The van der Waals surface area contributed by atoms with Gasteiger partial charge in [0, 0.05) is 12.4 Å². The lowest BCUT2D eigenvalue weighted by Crippen LogP contribution is -2.27. The van der Waals surface area contributed by atoms with Gasteiger partial charge in [0.1, 0.15) is 6.54 Å². The van der Waals surface area contributed by atoms with Gasteiger partial charge < -0.3 is 4.57 Å². The van der Waals surface area contributed by atoms with Crippen LogP contribution in [0.25, 0.3) is 11.5 Å². The van der Waals surface area contributed by atoms with Gasteiger partial charge in [-0.1, -0.05) is 72.2 Å². The Morgan fingerprint density at radius 3 is 2.48 bits per heavy atom. The number of nitriles is 1. The molecule has 0 saturated heterocycles. The standard InChI is InChI=1S/C19H15BN3/c21-11-13-23-14-12-22-19(23)20-18(17-9-5-2-6-10-17)15-16-7-3-1-4-8-16/h1-10,12,14-15H,13H2. The molecule has 0 amide bonds. The van der Waals surface area contributed by atoms with Crippen LogP contribution >= 0.6 is 0 Å². The normalized spacial score (nSPS) is 11.0. The first kappa shape index (κ1) is 14.9. The zero-order valence-electron chi connectivity index (χ0n) is 12.6. The fourth-order valence-electron chi connectivity index (χ4n) is 2.38. The molecule has 3 aromatic rings. The van der Waals surface area contributed by atoms with E-state index in [1.165, 1.54) is 0 Å². The molecule has 2 aromatic carbocycles. The molecule has 0 bridgehead atoms. The largest absolute Gasteiger partial charge is 0.329 e. The van der Waals surface area contributed by atoms with Crippen molar-refractivity contribution >= 4 is 24.6 Å². The van der Waals surface area contributed by atoms with Crippen LogP contribution in [0.2, 0.25) is 0 Å². The quantitative estimate of drug-likeness (QED) is 0.536. The summed E-state index contributed by atoms with van der Waals surface area (Å²) in [6.45, 7) is 0.291. The Kier molecular flexibility index (Phi) is 4.71. The highest BCUT2D eigenvalue weighted by molar-refractivity contribution is 6.73. The number of imidazole rings is 1. The lowest BCUT2D eigenvalue weighted by atomic mass is 9.65. The van der Waals surface area contributed by atoms with Gasteiger partial charge in [-0.2, -0.15) is 5.26 Å². The van der Waals surface area contributed by atoms with E-state index in [-0.39, 0.29) is 0 Å². The van der Waals surface area contributed by atoms with E-state index in [0.29, 0.717) is 6.54 Å². The van der Waals surface area contributed by atoms with Crippen molar-refractivity contribution in [1.82, 2.24) is 9.55 Å². The molecule has 0 spiro atoms. The molecule has 0 fully saturated rings. The SMILES string of the molecule is N#CCn1ccnc1[B]C(=Cc1ccccc1)c1ccccc1. The molecule has 0 aliphatic rings. The Balaban J connectivity index is 1.98. The summed E-state index contributed by atoms with van der Waals surface area (Å²) >= 11 is 0. The van der Waals surface area contributed by atoms with Crippen LogP contribution in [0.1, 0.15) is 11.1 Å². The molecule has 1 radical (unpaired) electrons. The van der Waals surface area contributed by atoms with E-state index in [1.807, 2.05) is 54.4 Å². The van der Waals surface area contributed by atoms with Gasteiger partial charge in [-0.25, -0.2) is 0 Å². The fourth-order valence-corrected chi connectivity index (χ4v) is 2.38. The third-order valence-electron chi connectivity index (χ3n) is 3.50. The van der Waals surface area contributed by atoms with Gasteiger partial charge in [0.25, 0.3) is 0 Å². The van der Waals surface area contributed by atoms with Crippen LogP contribution in [-0.4, -0.2) is 16.8 Å². The highest BCUT2D eigenvalue weighted by atomic mass is 15.0. The minimum atomic E-state index is 0.291. The van der Waals surface area contributed by atoms with Gasteiger partial charge in [-0.05, 0) is 11.1 Å². The van der Waals surface area contributed by atoms with Crippen LogP contribution in [0, 0.1) is 11.3 Å². The summed E-state index contributed by atoms with van der Waals surface area (Å²) < 4.78 is 1.84. The first-order chi connectivity index (χ1) is 11.4. The van der Waals surface area contributed by atoms with Gasteiger partial charge in [-0.3, -0.25) is 4.98 Å². The molecule has 0 atom stereocenters. The van der Waals surface area contributed by atoms with Gasteiger partial charge in [0.2, 0.25) is 7.28 Å². The highest BCUT2D eigenvalue weighted by Gasteiger charge is 2.10. The van der Waals surface area contributed by atoms with E-state index < -0.39 is 0 Å². The Morgan fingerprint density at radius 1 is 1.09 bits per heavy atom. The van der Waals surface area contributed by atoms with E-state index in [9.17, 15) is 0 Å². The van der Waals surface area contributed by atoms with Gasteiger partial charge in [0.15, 0.2) is 0 Å². The molecule has 1 aromatic heterocycles. The highest BCUT2D eigenvalue weighted by Crippen LogP contribution is 2.17. The molecular weight excluding hydrogens is 281 g/mol. The molecule has 1 heterocycles. The van der Waals surface area contributed by atoms with Gasteiger partial charge >= 0.3 is 0 Å². The second kappa shape index (κ2) is 7.28. The number of hydrogen-bond donors (Lipinski definition) is 0. The monoisotopic (exact) mass is 296 g/mol. The van der Waals surface area contributed by atoms with Crippen LogP contribution in [0.3, 0.4) is 0 Å². The Bertz CT molecular complexity index is 830. The lowest BCUT2D eigenvalue weighted by Gasteiger charge is -2.08. The van der Waals surface area contributed by atoms with Crippen molar-refractivity contribution < 1.29 is 0 Å². The minimum Gasteiger partial charge on any atom is -0.329 e. The Hall–Kier alpha value is -3.06. The summed E-state index contributed by atoms with van der Waals surface area (Å²) in [6.07, 6.45) is 5.66. The van der Waals surface area contributed by atoms with Crippen LogP contribution in [0.4, 0.5) is 0 Å². The maximum Gasteiger partial charge on any atom is 0.241 e. The maximum absolute atomic E-state index is 8.92. The van der Waals surface area contributed by atoms with Crippen molar-refractivity contribution in [2.75, 3.05) is 0 Å². The molecule has 0 N–H and O–H groups in total. The van der Waals surface area contributed by atoms with Gasteiger partial charge in [0.05, 0.1) is 11.8 Å². The first-order valence-corrected chi connectivity index (χ1v) is 7.42. The van der Waals surface area contributed by atoms with Crippen molar-refractivity contribution in [3.63, 3.8) is 0 Å². The number of rotatable bonds is 5. The number of benzene rings is 2. The van der Waals surface area contributed by atoms with Crippen LogP contribution in [0.5, 0.6) is 0 Å². The molecule has 0 unspecified atom stereocenters. The van der Waals surface area contributed by atoms with E-state index in [0.717, 1.165) is 22.3 Å². The van der Waals surface area contributed by atoms with Gasteiger partial charge in [-0.15, -0.1) is 0 Å². The molecular formula is C19H15BN3. The second-order valence-corrected chi connectivity index (χ2v) is 5.09. The van der Waals surface area contributed by atoms with E-state index in [1.54, 1.807) is 6.20 Å². The van der Waals surface area contributed by atoms with Crippen molar-refractivity contribution in [3.8, 4) is 6.07 Å². The van der Waals surface area contributed by atoms with Crippen LogP contribution in [0.15, 0.2) is 73.1 Å². The molecule has 23 heavy (non-hydrogen) atoms. The summed E-state index contributed by atoms with van der Waals surface area (Å²) in [4.78, 5) is 4.36. The molecule has 0 saturated carbocycles. The molecule has 0 aliphatic carbocycles. The Labute approximate surface area is 136 Å². The van der Waals surface area contributed by atoms with Crippen molar-refractivity contribution in [2.24, 2.45) is 0 Å². The van der Waals surface area contributed by atoms with E-state index >= 15 is 0 Å². The molecule has 0 aliphatic heterocycles. The summed E-state index contributed by atoms with van der Waals surface area (Å²) in [5, 5.41) is 8.92. The number of aromatic nitrogens is 2. The topological polar surface area (TPSA) is 41.6 Å². The molecule has 3 rings (SSSR count). The Morgan fingerprint density at radius 2 is 1.78 bits per heavy atom. The summed E-state index contributed by atoms with van der Waals surface area (Å²) in [5.41, 5.74) is 4.07. The number of nitrogens with zero attached hydrogens (tertiary/aromatic N) is 3. The molecule has 3 nitrogen and oxygen atoms in total. The van der Waals surface area contributed by atoms with Crippen LogP contribution in [-0.2, 0) is 6.54 Å². The molecule has 4 heteroatoms. The van der Waals surface area contributed by atoms with Crippen molar-refractivity contribution in [1.29, 1.82) is 5.26 Å². The van der Waals surface area contributed by atoms with Crippen molar-refractivity contribution in [2.45, 2.75) is 6.54 Å². The third-order valence-corrected chi connectivity index (χ3v) is 3.50. The predicted molar refractivity (Wildman–Crippen MR) is 94.0 cm³/mol. The zero-order valence-corrected chi connectivity index (χ0v) is 12.6. The summed E-state index contributed by atoms with van der Waals surface area (Å²) in [7, 11) is 2.01. The average Bonchev–Trinajstić information content (AvgIpc) is 3.03. The third kappa shape index (κ3) is 3.78. The lowest BCUT2D eigenvalue weighted by molar-refractivity contribution is 0.859. The average molecular weight is 296 g/mol. The van der Waals surface area contributed by atoms with E-state index in [4.69, 9.17) is 5.26 Å². The smallest absolute Gasteiger partial charge is 0.241 e.